The van der Waals surface area contributed by atoms with E-state index in [1.807, 2.05) is 25.1 Å². The van der Waals surface area contributed by atoms with Gasteiger partial charge in [0.05, 0.1) is 11.9 Å². The van der Waals surface area contributed by atoms with Gasteiger partial charge >= 0.3 is 0 Å². The van der Waals surface area contributed by atoms with Crippen LogP contribution in [0.1, 0.15) is 36.8 Å². The number of benzene rings is 1. The van der Waals surface area contributed by atoms with Crippen LogP contribution in [0.3, 0.4) is 0 Å². The highest BCUT2D eigenvalue weighted by molar-refractivity contribution is 5.92. The predicted octanol–water partition coefficient (Wildman–Crippen LogP) is 3.41. The van der Waals surface area contributed by atoms with Crippen LogP contribution in [0.15, 0.2) is 42.6 Å². The molecule has 1 amide bonds. The molecule has 1 aromatic carbocycles. The fraction of sp³-hybridized carbons (Fsp3) is 0.400. The smallest absolute Gasteiger partial charge is 0.269 e. The molecule has 0 radical (unpaired) electrons. The van der Waals surface area contributed by atoms with Crippen LogP contribution in [0.4, 0.5) is 11.4 Å². The van der Waals surface area contributed by atoms with E-state index in [1.165, 1.54) is 5.56 Å². The van der Waals surface area contributed by atoms with Crippen molar-refractivity contribution in [2.24, 2.45) is 0 Å². The first-order valence-electron chi connectivity index (χ1n) is 8.52. The lowest BCUT2D eigenvalue weighted by Gasteiger charge is -2.19. The third-order valence-corrected chi connectivity index (χ3v) is 3.88. The van der Waals surface area contributed by atoms with Crippen LogP contribution < -0.4 is 10.6 Å². The highest BCUT2D eigenvalue weighted by atomic mass is 16.1. The molecule has 2 aromatic rings. The van der Waals surface area contributed by atoms with Crippen molar-refractivity contribution in [2.75, 3.05) is 32.5 Å². The molecular weight excluding hydrogens is 312 g/mol. The number of carbonyl (C=O) groups excluding carboxylic acids is 1. The largest absolute Gasteiger partial charge is 0.354 e. The molecule has 0 aliphatic carbocycles. The van der Waals surface area contributed by atoms with Crippen molar-refractivity contribution in [3.05, 3.63) is 53.9 Å². The second kappa shape index (κ2) is 8.12. The molecule has 0 unspecified atom stereocenters. The second-order valence-corrected chi connectivity index (χ2v) is 7.44. The number of nitrogens with one attached hydrogen (secondary N) is 2. The fourth-order valence-corrected chi connectivity index (χ4v) is 2.31. The van der Waals surface area contributed by atoms with E-state index >= 15 is 0 Å². The zero-order valence-electron chi connectivity index (χ0n) is 15.8. The van der Waals surface area contributed by atoms with E-state index in [4.69, 9.17) is 0 Å². The summed E-state index contributed by atoms with van der Waals surface area (Å²) in [6, 6.07) is 12.0. The SMILES string of the molecule is CN(C)CCNC(=O)c1ccc(Nc2ccc(C(C)(C)C)cc2)cn1. The van der Waals surface area contributed by atoms with Gasteiger partial charge in [-0.25, -0.2) is 4.98 Å². The molecule has 0 spiro atoms. The van der Waals surface area contributed by atoms with Crippen LogP contribution in [0.5, 0.6) is 0 Å². The normalized spacial score (nSPS) is 11.4. The summed E-state index contributed by atoms with van der Waals surface area (Å²) in [7, 11) is 3.94. The standard InChI is InChI=1S/C20H28N4O/c1-20(2,3)15-6-8-16(9-7-15)23-17-10-11-18(22-14-17)19(25)21-12-13-24(4)5/h6-11,14,23H,12-13H2,1-5H3,(H,21,25). The maximum absolute atomic E-state index is 12.0. The van der Waals surface area contributed by atoms with E-state index in [-0.39, 0.29) is 11.3 Å². The molecule has 1 aromatic heterocycles. The molecule has 5 heteroatoms. The Hall–Kier alpha value is -2.40. The molecule has 0 atom stereocenters. The van der Waals surface area contributed by atoms with E-state index in [0.717, 1.165) is 17.9 Å². The van der Waals surface area contributed by atoms with Gasteiger partial charge < -0.3 is 15.5 Å². The number of amides is 1. The van der Waals surface area contributed by atoms with Crippen molar-refractivity contribution in [2.45, 2.75) is 26.2 Å². The first-order valence-corrected chi connectivity index (χ1v) is 8.52. The highest BCUT2D eigenvalue weighted by Gasteiger charge is 2.13. The lowest BCUT2D eigenvalue weighted by Crippen LogP contribution is -2.31. The summed E-state index contributed by atoms with van der Waals surface area (Å²) in [6.07, 6.45) is 1.68. The molecule has 0 saturated carbocycles. The summed E-state index contributed by atoms with van der Waals surface area (Å²) in [5.74, 6) is -0.150. The molecule has 2 N–H and O–H groups in total. The van der Waals surface area contributed by atoms with Gasteiger partial charge in [-0.1, -0.05) is 32.9 Å². The van der Waals surface area contributed by atoms with E-state index in [1.54, 1.807) is 12.3 Å². The Labute approximate surface area is 150 Å². The Bertz CT molecular complexity index is 685. The van der Waals surface area contributed by atoms with E-state index in [0.29, 0.717) is 12.2 Å². The third-order valence-electron chi connectivity index (χ3n) is 3.88. The number of carbonyl (C=O) groups is 1. The van der Waals surface area contributed by atoms with E-state index < -0.39 is 0 Å². The Morgan fingerprint density at radius 3 is 2.20 bits per heavy atom. The molecule has 0 bridgehead atoms. The van der Waals surface area contributed by atoms with E-state index in [9.17, 15) is 4.79 Å². The maximum Gasteiger partial charge on any atom is 0.269 e. The molecule has 2 rings (SSSR count). The number of anilines is 2. The second-order valence-electron chi connectivity index (χ2n) is 7.44. The molecule has 134 valence electrons. The Kier molecular flexibility index (Phi) is 6.15. The lowest BCUT2D eigenvalue weighted by molar-refractivity contribution is 0.0946. The van der Waals surface area contributed by atoms with E-state index in [2.05, 4.69) is 60.7 Å². The van der Waals surface area contributed by atoms with Crippen molar-refractivity contribution in [1.29, 1.82) is 0 Å². The van der Waals surface area contributed by atoms with Gasteiger partial charge in [-0.15, -0.1) is 0 Å². The van der Waals surface area contributed by atoms with Crippen LogP contribution in [0.25, 0.3) is 0 Å². The Morgan fingerprint density at radius 2 is 1.68 bits per heavy atom. The molecule has 25 heavy (non-hydrogen) atoms. The zero-order valence-corrected chi connectivity index (χ0v) is 15.8. The van der Waals surface area contributed by atoms with Crippen LogP contribution >= 0.6 is 0 Å². The molecule has 0 aliphatic rings. The number of hydrogen-bond acceptors (Lipinski definition) is 4. The average molecular weight is 340 g/mol. The monoisotopic (exact) mass is 340 g/mol. The minimum Gasteiger partial charge on any atom is -0.354 e. The van der Waals surface area contributed by atoms with Crippen LogP contribution in [0, 0.1) is 0 Å². The average Bonchev–Trinajstić information content (AvgIpc) is 2.55. The van der Waals surface area contributed by atoms with Gasteiger partial charge in [0, 0.05) is 18.8 Å². The van der Waals surface area contributed by atoms with Crippen molar-refractivity contribution < 1.29 is 4.79 Å². The minimum absolute atomic E-state index is 0.141. The highest BCUT2D eigenvalue weighted by Crippen LogP contribution is 2.24. The van der Waals surface area contributed by atoms with Gasteiger partial charge in [0.1, 0.15) is 5.69 Å². The molecular formula is C20H28N4O. The van der Waals surface area contributed by atoms with Crippen molar-refractivity contribution in [3.63, 3.8) is 0 Å². The van der Waals surface area contributed by atoms with Crippen molar-refractivity contribution in [3.8, 4) is 0 Å². The summed E-state index contributed by atoms with van der Waals surface area (Å²) < 4.78 is 0. The maximum atomic E-state index is 12.0. The molecule has 0 saturated heterocycles. The summed E-state index contributed by atoms with van der Waals surface area (Å²) in [6.45, 7) is 7.99. The Balaban J connectivity index is 1.95. The van der Waals surface area contributed by atoms with Crippen LogP contribution in [-0.2, 0) is 5.41 Å². The summed E-state index contributed by atoms with van der Waals surface area (Å²) in [5.41, 5.74) is 3.71. The van der Waals surface area contributed by atoms with Gasteiger partial charge in [-0.05, 0) is 49.3 Å². The van der Waals surface area contributed by atoms with Crippen molar-refractivity contribution in [1.82, 2.24) is 15.2 Å². The van der Waals surface area contributed by atoms with Gasteiger partial charge in [0.2, 0.25) is 0 Å². The number of nitrogens with zero attached hydrogens (tertiary/aromatic N) is 2. The molecule has 0 fully saturated rings. The van der Waals surface area contributed by atoms with Gasteiger partial charge in [-0.3, -0.25) is 4.79 Å². The van der Waals surface area contributed by atoms with Gasteiger partial charge in [-0.2, -0.15) is 0 Å². The Morgan fingerprint density at radius 1 is 1.04 bits per heavy atom. The third kappa shape index (κ3) is 5.87. The summed E-state index contributed by atoms with van der Waals surface area (Å²) in [5, 5.41) is 6.16. The van der Waals surface area contributed by atoms with Gasteiger partial charge in [0.25, 0.3) is 5.91 Å². The van der Waals surface area contributed by atoms with Crippen LogP contribution in [0.2, 0.25) is 0 Å². The number of pyridine rings is 1. The number of likely N-dealkylation sites (N-methyl/N-ethyl adjacent to an activating group) is 1. The number of aromatic nitrogens is 1. The summed E-state index contributed by atoms with van der Waals surface area (Å²) >= 11 is 0. The fourth-order valence-electron chi connectivity index (χ4n) is 2.31. The quantitative estimate of drug-likeness (QED) is 0.846. The van der Waals surface area contributed by atoms with Gasteiger partial charge in [0.15, 0.2) is 0 Å². The summed E-state index contributed by atoms with van der Waals surface area (Å²) in [4.78, 5) is 18.3. The predicted molar refractivity (Wildman–Crippen MR) is 104 cm³/mol. The zero-order chi connectivity index (χ0) is 18.4. The first-order chi connectivity index (χ1) is 11.8. The van der Waals surface area contributed by atoms with Crippen LogP contribution in [-0.4, -0.2) is 43.0 Å². The lowest BCUT2D eigenvalue weighted by atomic mass is 9.87. The molecule has 0 aliphatic heterocycles. The number of hydrogen-bond donors (Lipinski definition) is 2. The molecule has 1 heterocycles. The minimum atomic E-state index is -0.150. The molecule has 5 nitrogen and oxygen atoms in total. The van der Waals surface area contributed by atoms with Crippen molar-refractivity contribution >= 4 is 17.3 Å². The topological polar surface area (TPSA) is 57.3 Å². The number of rotatable bonds is 6. The first kappa shape index (κ1) is 18.9.